The van der Waals surface area contributed by atoms with Gasteiger partial charge in [-0.2, -0.15) is 0 Å². The van der Waals surface area contributed by atoms with Crippen molar-refractivity contribution in [2.45, 2.75) is 75.4 Å². The van der Waals surface area contributed by atoms with Crippen LogP contribution in [0.3, 0.4) is 0 Å². The second-order valence-electron chi connectivity index (χ2n) is 6.78. The number of benzene rings is 1. The van der Waals surface area contributed by atoms with Crippen molar-refractivity contribution in [2.75, 3.05) is 0 Å². The van der Waals surface area contributed by atoms with Crippen molar-refractivity contribution >= 4 is 0 Å². The first-order chi connectivity index (χ1) is 11.6. The third-order valence-corrected chi connectivity index (χ3v) is 5.06. The molecule has 1 saturated carbocycles. The molecule has 0 aromatic heterocycles. The van der Waals surface area contributed by atoms with Crippen molar-refractivity contribution in [3.05, 3.63) is 35.9 Å². The maximum atomic E-state index is 10.5. The third-order valence-electron chi connectivity index (χ3n) is 5.06. The summed E-state index contributed by atoms with van der Waals surface area (Å²) in [6.45, 7) is 2.45. The summed E-state index contributed by atoms with van der Waals surface area (Å²) >= 11 is 0. The number of aliphatic hydroxyl groups is 2. The van der Waals surface area contributed by atoms with Gasteiger partial charge in [-0.3, -0.25) is 0 Å². The predicted octanol–water partition coefficient (Wildman–Crippen LogP) is 1.33. The van der Waals surface area contributed by atoms with Crippen molar-refractivity contribution in [1.82, 2.24) is 0 Å². The Hall–Kier alpha value is -1.02. The molecule has 2 N–H and O–H groups in total. The fourth-order valence-electron chi connectivity index (χ4n) is 3.80. The minimum Gasteiger partial charge on any atom is -0.387 e. The first kappa shape index (κ1) is 16.4. The molecule has 4 aliphatic rings. The van der Waals surface area contributed by atoms with E-state index in [9.17, 15) is 10.2 Å². The summed E-state index contributed by atoms with van der Waals surface area (Å²) in [7, 11) is 0. The molecule has 6 nitrogen and oxygen atoms in total. The van der Waals surface area contributed by atoms with Gasteiger partial charge in [-0.1, -0.05) is 43.7 Å². The summed E-state index contributed by atoms with van der Waals surface area (Å²) < 4.78 is 23.6. The maximum Gasteiger partial charge on any atom is 0.284 e. The normalized spacial score (nSPS) is 43.3. The van der Waals surface area contributed by atoms with Crippen LogP contribution in [-0.2, 0) is 25.6 Å². The van der Waals surface area contributed by atoms with Gasteiger partial charge in [-0.15, -0.1) is 0 Å². The van der Waals surface area contributed by atoms with Crippen LogP contribution in [0.5, 0.6) is 0 Å². The molecule has 24 heavy (non-hydrogen) atoms. The minimum absolute atomic E-state index is 0.373. The molecule has 7 atom stereocenters. The molecule has 3 heterocycles. The molecule has 1 aromatic carbocycles. The van der Waals surface area contributed by atoms with E-state index in [1.54, 1.807) is 0 Å². The average Bonchev–Trinajstić information content (AvgIpc) is 2.61. The Balaban J connectivity index is 1.51. The Morgan fingerprint density at radius 3 is 2.25 bits per heavy atom. The van der Waals surface area contributed by atoms with Crippen LogP contribution in [0.1, 0.15) is 31.7 Å². The lowest BCUT2D eigenvalue weighted by atomic mass is 9.81. The van der Waals surface area contributed by atoms with Gasteiger partial charge in [0.05, 0.1) is 6.61 Å². The summed E-state index contributed by atoms with van der Waals surface area (Å²) in [5.41, 5.74) is 1.02. The van der Waals surface area contributed by atoms with E-state index in [0.29, 0.717) is 13.0 Å². The number of aliphatic hydroxyl groups excluding tert-OH is 2. The molecule has 4 fully saturated rings. The quantitative estimate of drug-likeness (QED) is 0.816. The van der Waals surface area contributed by atoms with E-state index in [2.05, 4.69) is 6.92 Å². The van der Waals surface area contributed by atoms with E-state index in [1.165, 1.54) is 0 Å². The highest BCUT2D eigenvalue weighted by molar-refractivity contribution is 5.14. The number of hydrogen-bond donors (Lipinski definition) is 2. The van der Waals surface area contributed by atoms with Gasteiger partial charge in [0, 0.05) is 6.42 Å². The fraction of sp³-hybridized carbons (Fsp3) is 0.667. The van der Waals surface area contributed by atoms with Gasteiger partial charge in [0.2, 0.25) is 0 Å². The Kier molecular flexibility index (Phi) is 4.36. The van der Waals surface area contributed by atoms with Crippen LogP contribution in [0.25, 0.3) is 0 Å². The van der Waals surface area contributed by atoms with Gasteiger partial charge in [-0.05, 0) is 12.0 Å². The van der Waals surface area contributed by atoms with Crippen LogP contribution in [0.15, 0.2) is 30.3 Å². The summed E-state index contributed by atoms with van der Waals surface area (Å²) in [6, 6.07) is 9.77. The second kappa shape index (κ2) is 6.37. The van der Waals surface area contributed by atoms with Gasteiger partial charge in [0.25, 0.3) is 5.97 Å². The standard InChI is InChI=1S/C18H24O6/c1-2-3-9-18-22-14-12(19)15(23-18)17(16(24-18)13(14)20)21-10-11-7-5-4-6-8-11/h4-8,12-17,19-20H,2-3,9-10H2,1H3/t12-,13-,14?,15-,16+,17?,18?/m0/s1. The van der Waals surface area contributed by atoms with E-state index < -0.39 is 42.6 Å². The molecule has 0 amide bonds. The summed E-state index contributed by atoms with van der Waals surface area (Å²) in [4.78, 5) is 0. The SMILES string of the molecule is CCCCC12OC3[C@H](O)[C@H](O1)C(OCc1ccccc1)[C@H](O2)[C@H]3O. The van der Waals surface area contributed by atoms with Crippen molar-refractivity contribution in [2.24, 2.45) is 0 Å². The molecule has 3 saturated heterocycles. The van der Waals surface area contributed by atoms with Gasteiger partial charge >= 0.3 is 0 Å². The van der Waals surface area contributed by atoms with Crippen molar-refractivity contribution in [3.63, 3.8) is 0 Å². The largest absolute Gasteiger partial charge is 0.387 e. The van der Waals surface area contributed by atoms with Crippen LogP contribution in [0.2, 0.25) is 0 Å². The Bertz CT molecular complexity index is 544. The molecule has 6 heteroatoms. The van der Waals surface area contributed by atoms with Gasteiger partial charge in [-0.25, -0.2) is 0 Å². The van der Waals surface area contributed by atoms with Crippen LogP contribution in [0.4, 0.5) is 0 Å². The number of hydrogen-bond acceptors (Lipinski definition) is 6. The Labute approximate surface area is 141 Å². The van der Waals surface area contributed by atoms with Crippen LogP contribution >= 0.6 is 0 Å². The topological polar surface area (TPSA) is 77.4 Å². The zero-order chi connectivity index (χ0) is 16.7. The molecule has 1 aromatic rings. The lowest BCUT2D eigenvalue weighted by Crippen LogP contribution is -2.79. The number of rotatable bonds is 6. The molecule has 132 valence electrons. The van der Waals surface area contributed by atoms with E-state index >= 15 is 0 Å². The number of unbranched alkanes of at least 4 members (excludes halogenated alkanes) is 1. The highest BCUT2D eigenvalue weighted by atomic mass is 16.9. The molecular formula is C18H24O6. The number of ether oxygens (including phenoxy) is 4. The third kappa shape index (κ3) is 2.67. The summed E-state index contributed by atoms with van der Waals surface area (Å²) in [5, 5.41) is 20.9. The molecule has 4 bridgehead atoms. The van der Waals surface area contributed by atoms with E-state index in [4.69, 9.17) is 18.9 Å². The summed E-state index contributed by atoms with van der Waals surface area (Å²) in [5.74, 6) is -1.15. The maximum absolute atomic E-state index is 10.5. The van der Waals surface area contributed by atoms with Crippen molar-refractivity contribution in [1.29, 1.82) is 0 Å². The lowest BCUT2D eigenvalue weighted by molar-refractivity contribution is -0.541. The molecule has 3 unspecified atom stereocenters. The fourth-order valence-corrected chi connectivity index (χ4v) is 3.80. The Morgan fingerprint density at radius 2 is 1.62 bits per heavy atom. The molecule has 1 aliphatic carbocycles. The smallest absolute Gasteiger partial charge is 0.284 e. The van der Waals surface area contributed by atoms with Gasteiger partial charge in [0.1, 0.15) is 36.6 Å². The van der Waals surface area contributed by atoms with Crippen molar-refractivity contribution in [3.8, 4) is 0 Å². The predicted molar refractivity (Wildman–Crippen MR) is 83.9 cm³/mol. The molecule has 0 radical (unpaired) electrons. The minimum atomic E-state index is -1.15. The van der Waals surface area contributed by atoms with Crippen LogP contribution in [0, 0.1) is 0 Å². The average molecular weight is 336 g/mol. The highest BCUT2D eigenvalue weighted by Crippen LogP contribution is 2.48. The van der Waals surface area contributed by atoms with Crippen molar-refractivity contribution < 1.29 is 29.2 Å². The zero-order valence-electron chi connectivity index (χ0n) is 13.7. The molecule has 3 aliphatic heterocycles. The van der Waals surface area contributed by atoms with Gasteiger partial charge < -0.3 is 29.2 Å². The first-order valence-corrected chi connectivity index (χ1v) is 8.69. The Morgan fingerprint density at radius 1 is 1.00 bits per heavy atom. The molecule has 5 rings (SSSR count). The summed E-state index contributed by atoms with van der Waals surface area (Å²) in [6.07, 6.45) is -1.70. The zero-order valence-corrected chi connectivity index (χ0v) is 13.7. The monoisotopic (exact) mass is 336 g/mol. The van der Waals surface area contributed by atoms with E-state index in [1.807, 2.05) is 30.3 Å². The van der Waals surface area contributed by atoms with Crippen LogP contribution < -0.4 is 0 Å². The molecule has 0 spiro atoms. The van der Waals surface area contributed by atoms with E-state index in [-0.39, 0.29) is 0 Å². The van der Waals surface area contributed by atoms with E-state index in [0.717, 1.165) is 18.4 Å². The van der Waals surface area contributed by atoms with Gasteiger partial charge in [0.15, 0.2) is 0 Å². The first-order valence-electron chi connectivity index (χ1n) is 8.69. The second-order valence-corrected chi connectivity index (χ2v) is 6.78. The highest BCUT2D eigenvalue weighted by Gasteiger charge is 2.67. The lowest BCUT2D eigenvalue weighted by Gasteiger charge is -2.61. The van der Waals surface area contributed by atoms with Crippen LogP contribution in [-0.4, -0.2) is 52.8 Å². The molecular weight excluding hydrogens is 312 g/mol.